The number of aliphatic imine (C=N–C) groups is 1. The Kier molecular flexibility index (Phi) is 9.48. The third-order valence-electron chi connectivity index (χ3n) is 5.57. The number of carbonyl (C=O) groups is 1. The molecule has 2 heterocycles. The Labute approximate surface area is 196 Å². The topological polar surface area (TPSA) is 106 Å². The first-order chi connectivity index (χ1) is 15.8. The van der Waals surface area contributed by atoms with Crippen molar-refractivity contribution in [2.75, 3.05) is 7.11 Å². The van der Waals surface area contributed by atoms with Gasteiger partial charge in [-0.1, -0.05) is 49.7 Å². The molecule has 1 amide bonds. The Hall–Kier alpha value is -3.32. The van der Waals surface area contributed by atoms with E-state index in [0.29, 0.717) is 12.5 Å². The second kappa shape index (κ2) is 12.1. The Morgan fingerprint density at radius 2 is 1.67 bits per heavy atom. The number of aliphatic hydroxyl groups excluding tert-OH is 1. The molecular formula is C26H35N5O2. The number of fused-ring (bicyclic) bond motifs is 3. The van der Waals surface area contributed by atoms with Crippen LogP contribution in [0.3, 0.4) is 0 Å². The highest BCUT2D eigenvalue weighted by atomic mass is 16.2. The predicted molar refractivity (Wildman–Crippen MR) is 133 cm³/mol. The van der Waals surface area contributed by atoms with Crippen LogP contribution in [0.15, 0.2) is 47.5 Å². The molecule has 0 radical (unpaired) electrons. The molecule has 176 valence electrons. The molecule has 33 heavy (non-hydrogen) atoms. The van der Waals surface area contributed by atoms with Gasteiger partial charge in [0.25, 0.3) is 0 Å². The van der Waals surface area contributed by atoms with Crippen molar-refractivity contribution in [3.05, 3.63) is 76.4 Å². The fourth-order valence-corrected chi connectivity index (χ4v) is 3.97. The van der Waals surface area contributed by atoms with Crippen LogP contribution in [0.5, 0.6) is 0 Å². The normalized spacial score (nSPS) is 11.7. The molecular weight excluding hydrogens is 414 g/mol. The molecule has 3 N–H and O–H groups in total. The van der Waals surface area contributed by atoms with Crippen LogP contribution >= 0.6 is 0 Å². The number of hydrogen-bond donors (Lipinski definition) is 2. The van der Waals surface area contributed by atoms with E-state index >= 15 is 0 Å². The van der Waals surface area contributed by atoms with Gasteiger partial charge in [0.1, 0.15) is 12.4 Å². The Balaban J connectivity index is 0.000000582. The SMILES string of the molecule is CC(N)=O.CCC(CC)c1ccc2c(c1)C(c1ccc(C)cc1)=NCc1nnc(C)n1-2.CO. The average Bonchev–Trinajstić information content (AvgIpc) is 3.08. The number of amides is 1. The lowest BCUT2D eigenvalue weighted by Gasteiger charge is -2.18. The zero-order chi connectivity index (χ0) is 24.5. The van der Waals surface area contributed by atoms with Gasteiger partial charge in [-0.25, -0.2) is 0 Å². The molecule has 4 rings (SSSR count). The van der Waals surface area contributed by atoms with Gasteiger partial charge in [-0.15, -0.1) is 10.2 Å². The molecule has 7 heteroatoms. The van der Waals surface area contributed by atoms with Crippen molar-refractivity contribution in [2.24, 2.45) is 10.7 Å². The first-order valence-corrected chi connectivity index (χ1v) is 11.2. The molecule has 1 aliphatic rings. The number of rotatable bonds is 4. The van der Waals surface area contributed by atoms with Gasteiger partial charge in [0, 0.05) is 25.2 Å². The zero-order valence-corrected chi connectivity index (χ0v) is 20.5. The molecule has 7 nitrogen and oxygen atoms in total. The highest BCUT2D eigenvalue weighted by molar-refractivity contribution is 6.15. The van der Waals surface area contributed by atoms with Crippen molar-refractivity contribution >= 4 is 11.6 Å². The van der Waals surface area contributed by atoms with Gasteiger partial charge in [0.15, 0.2) is 5.82 Å². The number of nitrogens with zero attached hydrogens (tertiary/aromatic N) is 4. The van der Waals surface area contributed by atoms with E-state index in [4.69, 9.17) is 10.1 Å². The average molecular weight is 450 g/mol. The molecule has 1 aromatic heterocycles. The molecule has 0 saturated carbocycles. The Morgan fingerprint density at radius 3 is 2.24 bits per heavy atom. The third-order valence-corrected chi connectivity index (χ3v) is 5.57. The van der Waals surface area contributed by atoms with Gasteiger partial charge in [-0.3, -0.25) is 14.4 Å². The van der Waals surface area contributed by atoms with Gasteiger partial charge in [-0.2, -0.15) is 0 Å². The summed E-state index contributed by atoms with van der Waals surface area (Å²) in [5.41, 5.74) is 11.6. The highest BCUT2D eigenvalue weighted by Gasteiger charge is 2.23. The molecule has 0 aliphatic carbocycles. The van der Waals surface area contributed by atoms with Crippen LogP contribution in [-0.4, -0.2) is 38.6 Å². The minimum Gasteiger partial charge on any atom is -0.400 e. The number of nitrogens with two attached hydrogens (primary N) is 1. The maximum absolute atomic E-state index is 9.22. The van der Waals surface area contributed by atoms with Gasteiger partial charge < -0.3 is 10.8 Å². The molecule has 0 bridgehead atoms. The van der Waals surface area contributed by atoms with E-state index in [1.54, 1.807) is 0 Å². The number of aryl methyl sites for hydroxylation is 2. The Morgan fingerprint density at radius 1 is 1.06 bits per heavy atom. The number of aromatic nitrogens is 3. The molecule has 0 fully saturated rings. The first-order valence-electron chi connectivity index (χ1n) is 11.2. The van der Waals surface area contributed by atoms with Crippen LogP contribution in [-0.2, 0) is 11.3 Å². The molecule has 2 aromatic carbocycles. The van der Waals surface area contributed by atoms with Crippen molar-refractivity contribution in [1.29, 1.82) is 0 Å². The van der Waals surface area contributed by atoms with Crippen LogP contribution in [0.1, 0.15) is 73.4 Å². The van der Waals surface area contributed by atoms with Crippen LogP contribution in [0, 0.1) is 13.8 Å². The van der Waals surface area contributed by atoms with Gasteiger partial charge in [-0.05, 0) is 50.3 Å². The van der Waals surface area contributed by atoms with E-state index in [-0.39, 0.29) is 5.91 Å². The number of benzene rings is 2. The second-order valence-electron chi connectivity index (χ2n) is 7.93. The lowest BCUT2D eigenvalue weighted by molar-refractivity contribution is -0.115. The zero-order valence-electron chi connectivity index (χ0n) is 20.5. The van der Waals surface area contributed by atoms with Crippen molar-refractivity contribution in [1.82, 2.24) is 14.8 Å². The van der Waals surface area contributed by atoms with Crippen LogP contribution in [0.4, 0.5) is 0 Å². The highest BCUT2D eigenvalue weighted by Crippen LogP contribution is 2.31. The lowest BCUT2D eigenvalue weighted by Crippen LogP contribution is -2.10. The minimum absolute atomic E-state index is 0.333. The van der Waals surface area contributed by atoms with Gasteiger partial charge >= 0.3 is 0 Å². The molecule has 3 aromatic rings. The standard InChI is InChI=1S/C23H26N4.C2H5NO.CH4O/c1-5-17(6-2)19-11-12-21-20(13-19)23(18-9-7-15(3)8-10-18)24-14-22-26-25-16(4)27(21)22;1-2(3)4;1-2/h7-13,17H,5-6,14H2,1-4H3;1H3,(H2,3,4);2H,1H3. The Bertz CT molecular complexity index is 1090. The van der Waals surface area contributed by atoms with Gasteiger partial charge in [0.2, 0.25) is 5.91 Å². The van der Waals surface area contributed by atoms with Crippen molar-refractivity contribution in [3.63, 3.8) is 0 Å². The maximum Gasteiger partial charge on any atom is 0.214 e. The summed E-state index contributed by atoms with van der Waals surface area (Å²) in [5.74, 6) is 2.03. The monoisotopic (exact) mass is 449 g/mol. The third kappa shape index (κ3) is 6.14. The van der Waals surface area contributed by atoms with Crippen molar-refractivity contribution < 1.29 is 9.90 Å². The first kappa shape index (κ1) is 25.9. The van der Waals surface area contributed by atoms with Crippen LogP contribution < -0.4 is 5.73 Å². The number of primary amides is 1. The lowest BCUT2D eigenvalue weighted by atomic mass is 9.90. The molecule has 0 unspecified atom stereocenters. The summed E-state index contributed by atoms with van der Waals surface area (Å²) in [7, 11) is 1.00. The quantitative estimate of drug-likeness (QED) is 0.621. The van der Waals surface area contributed by atoms with Gasteiger partial charge in [0.05, 0.1) is 11.4 Å². The molecule has 0 spiro atoms. The molecule has 0 saturated heterocycles. The summed E-state index contributed by atoms with van der Waals surface area (Å²) in [4.78, 5) is 14.2. The fourth-order valence-electron chi connectivity index (χ4n) is 3.97. The van der Waals surface area contributed by atoms with E-state index in [2.05, 4.69) is 83.7 Å². The maximum atomic E-state index is 9.22. The number of hydrogen-bond acceptors (Lipinski definition) is 5. The van der Waals surface area contributed by atoms with Crippen molar-refractivity contribution in [3.8, 4) is 5.69 Å². The summed E-state index contributed by atoms with van der Waals surface area (Å²) >= 11 is 0. The van der Waals surface area contributed by atoms with E-state index in [1.165, 1.54) is 23.6 Å². The molecule has 0 atom stereocenters. The summed E-state index contributed by atoms with van der Waals surface area (Å²) in [6.45, 7) is 10.5. The number of aliphatic hydroxyl groups is 1. The number of carbonyl (C=O) groups excluding carboxylic acids is 1. The summed E-state index contributed by atoms with van der Waals surface area (Å²) in [5, 5.41) is 15.6. The minimum atomic E-state index is -0.333. The van der Waals surface area contributed by atoms with E-state index < -0.39 is 0 Å². The van der Waals surface area contributed by atoms with Crippen molar-refractivity contribution in [2.45, 2.75) is 59.9 Å². The fraction of sp³-hybridized carbons (Fsp3) is 0.385. The van der Waals surface area contributed by atoms with E-state index in [1.807, 2.05) is 6.92 Å². The second-order valence-corrected chi connectivity index (χ2v) is 7.93. The van der Waals surface area contributed by atoms with Crippen LogP contribution in [0.2, 0.25) is 0 Å². The van der Waals surface area contributed by atoms with Crippen LogP contribution in [0.25, 0.3) is 5.69 Å². The molecule has 1 aliphatic heterocycles. The predicted octanol–water partition coefficient (Wildman–Crippen LogP) is 4.24. The largest absolute Gasteiger partial charge is 0.400 e. The summed E-state index contributed by atoms with van der Waals surface area (Å²) in [6, 6.07) is 15.5. The smallest absolute Gasteiger partial charge is 0.214 e. The summed E-state index contributed by atoms with van der Waals surface area (Å²) < 4.78 is 2.15. The summed E-state index contributed by atoms with van der Waals surface area (Å²) in [6.07, 6.45) is 2.28. The van der Waals surface area contributed by atoms with E-state index in [0.717, 1.165) is 48.6 Å². The van der Waals surface area contributed by atoms with E-state index in [9.17, 15) is 4.79 Å².